The molecular formula is C17H15BrCl3N3O2S. The highest BCUT2D eigenvalue weighted by Crippen LogP contribution is 2.29. The minimum Gasteiger partial charge on any atom is -0.497 e. The summed E-state index contributed by atoms with van der Waals surface area (Å²) in [5.74, 6) is 0.0774. The summed E-state index contributed by atoms with van der Waals surface area (Å²) in [6, 6.07) is 14.0. The van der Waals surface area contributed by atoms with Crippen LogP contribution in [-0.2, 0) is 0 Å². The van der Waals surface area contributed by atoms with Gasteiger partial charge in [0, 0.05) is 10.0 Å². The number of carbonyl (C=O) groups excluding carboxylic acids is 1. The zero-order valence-corrected chi connectivity index (χ0v) is 18.6. The molecule has 0 bridgehead atoms. The minimum absolute atomic E-state index is 0.171. The van der Waals surface area contributed by atoms with Crippen LogP contribution in [0.5, 0.6) is 5.75 Å². The van der Waals surface area contributed by atoms with E-state index in [9.17, 15) is 4.79 Å². The lowest BCUT2D eigenvalue weighted by atomic mass is 10.2. The van der Waals surface area contributed by atoms with Crippen LogP contribution in [0, 0.1) is 0 Å². The highest BCUT2D eigenvalue weighted by Gasteiger charge is 2.35. The number of alkyl halides is 3. The molecule has 3 N–H and O–H groups in total. The van der Waals surface area contributed by atoms with E-state index in [4.69, 9.17) is 51.8 Å². The van der Waals surface area contributed by atoms with Crippen molar-refractivity contribution in [2.45, 2.75) is 9.96 Å². The summed E-state index contributed by atoms with van der Waals surface area (Å²) in [7, 11) is 1.51. The summed E-state index contributed by atoms with van der Waals surface area (Å²) < 4.78 is 4.06. The Morgan fingerprint density at radius 3 is 2.48 bits per heavy atom. The molecule has 0 spiro atoms. The first-order chi connectivity index (χ1) is 12.7. The van der Waals surface area contributed by atoms with Crippen molar-refractivity contribution in [2.75, 3.05) is 12.4 Å². The van der Waals surface area contributed by atoms with E-state index in [-0.39, 0.29) is 5.11 Å². The van der Waals surface area contributed by atoms with Gasteiger partial charge in [-0.2, -0.15) is 0 Å². The lowest BCUT2D eigenvalue weighted by Gasteiger charge is -2.28. The van der Waals surface area contributed by atoms with Gasteiger partial charge in [0.1, 0.15) is 11.9 Å². The Balaban J connectivity index is 2.10. The summed E-state index contributed by atoms with van der Waals surface area (Å²) in [5.41, 5.74) is 1.07. The van der Waals surface area contributed by atoms with Crippen LogP contribution in [0.3, 0.4) is 0 Å². The molecule has 0 saturated carbocycles. The molecule has 0 aromatic heterocycles. The molecule has 0 aliphatic heterocycles. The number of amides is 1. The summed E-state index contributed by atoms with van der Waals surface area (Å²) >= 11 is 26.7. The molecule has 1 unspecified atom stereocenters. The van der Waals surface area contributed by atoms with Crippen molar-refractivity contribution in [3.05, 3.63) is 58.6 Å². The van der Waals surface area contributed by atoms with Gasteiger partial charge in [-0.15, -0.1) is 0 Å². The maximum atomic E-state index is 12.5. The SMILES string of the molecule is COc1cccc(C(=O)NC(NC(=S)Nc2ccccc2Br)C(Cl)(Cl)Cl)c1. The number of methoxy groups -OCH3 is 1. The lowest BCUT2D eigenvalue weighted by molar-refractivity contribution is 0.0934. The van der Waals surface area contributed by atoms with Gasteiger partial charge in [-0.25, -0.2) is 0 Å². The third-order valence-electron chi connectivity index (χ3n) is 3.33. The Bertz CT molecular complexity index is 833. The molecule has 5 nitrogen and oxygen atoms in total. The Labute approximate surface area is 185 Å². The minimum atomic E-state index is -1.85. The van der Waals surface area contributed by atoms with Gasteiger partial charge in [-0.3, -0.25) is 4.79 Å². The topological polar surface area (TPSA) is 62.4 Å². The highest BCUT2D eigenvalue weighted by molar-refractivity contribution is 9.10. The molecule has 0 aliphatic rings. The second kappa shape index (κ2) is 9.80. The van der Waals surface area contributed by atoms with Crippen LogP contribution < -0.4 is 20.7 Å². The second-order valence-electron chi connectivity index (χ2n) is 5.26. The number of thiocarbonyl (C=S) groups is 1. The van der Waals surface area contributed by atoms with E-state index in [0.29, 0.717) is 11.3 Å². The molecule has 2 aromatic rings. The van der Waals surface area contributed by atoms with Crippen LogP contribution in [0.2, 0.25) is 0 Å². The first kappa shape index (κ1) is 22.0. The van der Waals surface area contributed by atoms with Gasteiger partial charge in [0.25, 0.3) is 5.91 Å². The maximum absolute atomic E-state index is 12.5. The van der Waals surface area contributed by atoms with Gasteiger partial charge in [-0.05, 0) is 58.5 Å². The molecule has 0 fully saturated rings. The highest BCUT2D eigenvalue weighted by atomic mass is 79.9. The number of nitrogens with one attached hydrogen (secondary N) is 3. The maximum Gasteiger partial charge on any atom is 0.253 e. The van der Waals surface area contributed by atoms with Gasteiger partial charge >= 0.3 is 0 Å². The molecule has 2 aromatic carbocycles. The molecule has 144 valence electrons. The van der Waals surface area contributed by atoms with E-state index in [2.05, 4.69) is 31.9 Å². The van der Waals surface area contributed by atoms with E-state index in [1.165, 1.54) is 7.11 Å². The van der Waals surface area contributed by atoms with Gasteiger partial charge < -0.3 is 20.7 Å². The Kier molecular flexibility index (Phi) is 8.00. The zero-order valence-electron chi connectivity index (χ0n) is 13.9. The molecular weight excluding hydrogens is 497 g/mol. The first-order valence-electron chi connectivity index (χ1n) is 7.54. The van der Waals surface area contributed by atoms with Gasteiger partial charge in [0.15, 0.2) is 5.11 Å². The first-order valence-corrected chi connectivity index (χ1v) is 9.88. The van der Waals surface area contributed by atoms with Gasteiger partial charge in [0.05, 0.1) is 12.8 Å². The molecule has 10 heteroatoms. The van der Waals surface area contributed by atoms with Crippen LogP contribution >= 0.6 is 63.0 Å². The number of hydrogen-bond acceptors (Lipinski definition) is 3. The summed E-state index contributed by atoms with van der Waals surface area (Å²) in [4.78, 5) is 12.5. The van der Waals surface area contributed by atoms with E-state index in [1.807, 2.05) is 24.3 Å². The van der Waals surface area contributed by atoms with E-state index in [1.54, 1.807) is 24.3 Å². The van der Waals surface area contributed by atoms with Gasteiger partial charge in [-0.1, -0.05) is 53.0 Å². The average molecular weight is 512 g/mol. The quantitative estimate of drug-likeness (QED) is 0.304. The van der Waals surface area contributed by atoms with E-state index < -0.39 is 15.9 Å². The fourth-order valence-electron chi connectivity index (χ4n) is 2.03. The van der Waals surface area contributed by atoms with E-state index >= 15 is 0 Å². The molecule has 2 rings (SSSR count). The number of para-hydroxylation sites is 1. The number of anilines is 1. The molecule has 0 saturated heterocycles. The molecule has 0 radical (unpaired) electrons. The predicted octanol–water partition coefficient (Wildman–Crippen LogP) is 4.87. The number of carbonyl (C=O) groups is 1. The van der Waals surface area contributed by atoms with Crippen molar-refractivity contribution < 1.29 is 9.53 Å². The average Bonchev–Trinajstić information content (AvgIpc) is 2.62. The van der Waals surface area contributed by atoms with Crippen molar-refractivity contribution >= 4 is 79.7 Å². The van der Waals surface area contributed by atoms with Crippen molar-refractivity contribution in [2.24, 2.45) is 0 Å². The Hall–Kier alpha value is -1.25. The number of halogens is 4. The number of ether oxygens (including phenoxy) is 1. The summed E-state index contributed by atoms with van der Waals surface area (Å²) in [5, 5.41) is 8.56. The van der Waals surface area contributed by atoms with Gasteiger partial charge in [0.2, 0.25) is 3.79 Å². The van der Waals surface area contributed by atoms with Crippen LogP contribution in [0.25, 0.3) is 0 Å². The second-order valence-corrected chi connectivity index (χ2v) is 8.89. The Morgan fingerprint density at radius 2 is 1.85 bits per heavy atom. The zero-order chi connectivity index (χ0) is 20.0. The molecule has 0 aliphatic carbocycles. The van der Waals surface area contributed by atoms with Crippen molar-refractivity contribution in [1.82, 2.24) is 10.6 Å². The molecule has 1 atom stereocenters. The van der Waals surface area contributed by atoms with Crippen molar-refractivity contribution in [3.8, 4) is 5.75 Å². The largest absolute Gasteiger partial charge is 0.497 e. The summed E-state index contributed by atoms with van der Waals surface area (Å²) in [6.45, 7) is 0. The standard InChI is InChI=1S/C17H15BrCl3N3O2S/c1-26-11-6-4-5-10(9-11)14(25)23-15(17(19,20)21)24-16(27)22-13-8-3-2-7-12(13)18/h2-9,15H,1H3,(H,23,25)(H2,22,24,27). The smallest absolute Gasteiger partial charge is 0.253 e. The van der Waals surface area contributed by atoms with Crippen molar-refractivity contribution in [3.63, 3.8) is 0 Å². The van der Waals surface area contributed by atoms with Crippen LogP contribution in [0.15, 0.2) is 53.0 Å². The molecule has 27 heavy (non-hydrogen) atoms. The molecule has 1 amide bonds. The Morgan fingerprint density at radius 1 is 1.15 bits per heavy atom. The summed E-state index contributed by atoms with van der Waals surface area (Å²) in [6.07, 6.45) is -1.08. The third kappa shape index (κ3) is 6.69. The number of hydrogen-bond donors (Lipinski definition) is 3. The van der Waals surface area contributed by atoms with E-state index in [0.717, 1.165) is 10.2 Å². The fourth-order valence-corrected chi connectivity index (χ4v) is 2.97. The molecule has 0 heterocycles. The van der Waals surface area contributed by atoms with Crippen molar-refractivity contribution in [1.29, 1.82) is 0 Å². The lowest BCUT2D eigenvalue weighted by Crippen LogP contribution is -2.56. The number of benzene rings is 2. The normalized spacial score (nSPS) is 12.0. The number of rotatable bonds is 5. The van der Waals surface area contributed by atoms with Crippen LogP contribution in [0.1, 0.15) is 10.4 Å². The predicted molar refractivity (Wildman–Crippen MR) is 118 cm³/mol. The third-order valence-corrected chi connectivity index (χ3v) is 4.90. The van der Waals surface area contributed by atoms with Crippen LogP contribution in [0.4, 0.5) is 5.69 Å². The monoisotopic (exact) mass is 509 g/mol. The van der Waals surface area contributed by atoms with Crippen LogP contribution in [-0.4, -0.2) is 28.1 Å². The fraction of sp³-hybridized carbons (Fsp3) is 0.176.